The van der Waals surface area contributed by atoms with Crippen molar-refractivity contribution in [3.8, 4) is 39.6 Å². The Hall–Kier alpha value is -3.93. The predicted octanol–water partition coefficient (Wildman–Crippen LogP) is 5.24. The molecule has 0 amide bonds. The van der Waals surface area contributed by atoms with Crippen LogP contribution in [0.2, 0.25) is 0 Å². The maximum Gasteiger partial charge on any atom is 0.129 e. The zero-order valence-electron chi connectivity index (χ0n) is 16.2. The van der Waals surface area contributed by atoms with Crippen LogP contribution in [0.15, 0.2) is 79.3 Å². The van der Waals surface area contributed by atoms with Crippen molar-refractivity contribution in [2.45, 2.75) is 6.61 Å². The average molecular weight is 402 g/mol. The molecule has 1 aromatic heterocycles. The monoisotopic (exact) mass is 402 g/mol. The van der Waals surface area contributed by atoms with E-state index in [1.54, 1.807) is 43.6 Å². The van der Waals surface area contributed by atoms with Crippen molar-refractivity contribution in [2.75, 3.05) is 7.11 Å². The Morgan fingerprint density at radius 2 is 1.70 bits per heavy atom. The first-order valence-corrected chi connectivity index (χ1v) is 9.29. The summed E-state index contributed by atoms with van der Waals surface area (Å²) in [4.78, 5) is 8.49. The fourth-order valence-electron chi connectivity index (χ4n) is 3.10. The molecule has 1 heterocycles. The SMILES string of the molecule is COc1ccc(-c2cncnc2-c2ccc(OCc3ccccc3F)cc2O)cc1. The van der Waals surface area contributed by atoms with Crippen LogP contribution in [0.25, 0.3) is 22.4 Å². The van der Waals surface area contributed by atoms with Crippen molar-refractivity contribution in [2.24, 2.45) is 0 Å². The molecule has 0 radical (unpaired) electrons. The van der Waals surface area contributed by atoms with Crippen LogP contribution in [-0.2, 0) is 6.61 Å². The van der Waals surface area contributed by atoms with Crippen LogP contribution in [0.3, 0.4) is 0 Å². The lowest BCUT2D eigenvalue weighted by Gasteiger charge is -2.12. The molecule has 0 saturated heterocycles. The molecule has 0 unspecified atom stereocenters. The summed E-state index contributed by atoms with van der Waals surface area (Å²) in [6.45, 7) is 0.0655. The van der Waals surface area contributed by atoms with E-state index in [-0.39, 0.29) is 18.2 Å². The number of hydrogen-bond acceptors (Lipinski definition) is 5. The van der Waals surface area contributed by atoms with E-state index in [2.05, 4.69) is 9.97 Å². The molecular weight excluding hydrogens is 383 g/mol. The summed E-state index contributed by atoms with van der Waals surface area (Å²) >= 11 is 0. The van der Waals surface area contributed by atoms with Crippen molar-refractivity contribution in [3.05, 3.63) is 90.6 Å². The Morgan fingerprint density at radius 1 is 0.933 bits per heavy atom. The van der Waals surface area contributed by atoms with Crippen LogP contribution in [0.5, 0.6) is 17.2 Å². The minimum absolute atomic E-state index is 0.00879. The zero-order valence-corrected chi connectivity index (χ0v) is 16.2. The number of methoxy groups -OCH3 is 1. The zero-order chi connectivity index (χ0) is 20.9. The van der Waals surface area contributed by atoms with Gasteiger partial charge in [0, 0.05) is 29.0 Å². The number of aromatic hydroxyl groups is 1. The number of aromatic nitrogens is 2. The number of phenolic OH excluding ortho intramolecular Hbond substituents is 1. The summed E-state index contributed by atoms with van der Waals surface area (Å²) in [5.41, 5.74) is 3.24. The molecule has 1 N–H and O–H groups in total. The second kappa shape index (κ2) is 8.61. The van der Waals surface area contributed by atoms with Gasteiger partial charge in [-0.3, -0.25) is 0 Å². The molecule has 5 nitrogen and oxygen atoms in total. The van der Waals surface area contributed by atoms with Gasteiger partial charge in [-0.05, 0) is 35.9 Å². The van der Waals surface area contributed by atoms with Crippen molar-refractivity contribution in [1.82, 2.24) is 9.97 Å². The number of hydrogen-bond donors (Lipinski definition) is 1. The molecule has 0 spiro atoms. The van der Waals surface area contributed by atoms with Gasteiger partial charge in [-0.1, -0.05) is 30.3 Å². The minimum Gasteiger partial charge on any atom is -0.507 e. The quantitative estimate of drug-likeness (QED) is 0.478. The van der Waals surface area contributed by atoms with E-state index < -0.39 is 0 Å². The first-order valence-electron chi connectivity index (χ1n) is 9.29. The Kier molecular flexibility index (Phi) is 5.57. The Labute approximate surface area is 173 Å². The van der Waals surface area contributed by atoms with Gasteiger partial charge in [0.1, 0.15) is 36.0 Å². The van der Waals surface area contributed by atoms with Gasteiger partial charge in [0.2, 0.25) is 0 Å². The third-order valence-corrected chi connectivity index (χ3v) is 4.69. The van der Waals surface area contributed by atoms with Gasteiger partial charge in [-0.2, -0.15) is 0 Å². The van der Waals surface area contributed by atoms with Crippen LogP contribution in [0, 0.1) is 5.82 Å². The first-order chi connectivity index (χ1) is 14.7. The number of phenols is 1. The van der Waals surface area contributed by atoms with E-state index in [1.807, 2.05) is 24.3 Å². The molecule has 4 rings (SSSR count). The van der Waals surface area contributed by atoms with Crippen molar-refractivity contribution in [1.29, 1.82) is 0 Å². The molecule has 30 heavy (non-hydrogen) atoms. The fraction of sp³-hybridized carbons (Fsp3) is 0.0833. The summed E-state index contributed by atoms with van der Waals surface area (Å²) < 4.78 is 24.6. The van der Waals surface area contributed by atoms with E-state index >= 15 is 0 Å². The van der Waals surface area contributed by atoms with E-state index in [4.69, 9.17) is 9.47 Å². The Morgan fingerprint density at radius 3 is 2.43 bits per heavy atom. The standard InChI is InChI=1S/C24H19FN2O3/c1-29-18-8-6-16(7-9-18)21-13-26-15-27-24(21)20-11-10-19(12-23(20)28)30-14-17-4-2-3-5-22(17)25/h2-13,15,28H,14H2,1H3. The molecule has 6 heteroatoms. The van der Waals surface area contributed by atoms with Gasteiger partial charge in [0.05, 0.1) is 12.8 Å². The van der Waals surface area contributed by atoms with Gasteiger partial charge >= 0.3 is 0 Å². The van der Waals surface area contributed by atoms with Gasteiger partial charge in [0.15, 0.2) is 0 Å². The van der Waals surface area contributed by atoms with E-state index in [0.29, 0.717) is 22.6 Å². The summed E-state index contributed by atoms with van der Waals surface area (Å²) in [6, 6.07) is 18.9. The molecule has 0 aliphatic carbocycles. The van der Waals surface area contributed by atoms with Gasteiger partial charge in [-0.15, -0.1) is 0 Å². The molecule has 0 aliphatic rings. The molecule has 3 aromatic carbocycles. The highest BCUT2D eigenvalue weighted by molar-refractivity contribution is 5.83. The lowest BCUT2D eigenvalue weighted by atomic mass is 10.00. The highest BCUT2D eigenvalue weighted by Gasteiger charge is 2.14. The Bertz CT molecular complexity index is 1160. The second-order valence-electron chi connectivity index (χ2n) is 6.57. The molecule has 0 saturated carbocycles. The number of benzene rings is 3. The van der Waals surface area contributed by atoms with Crippen molar-refractivity contribution in [3.63, 3.8) is 0 Å². The molecule has 4 aromatic rings. The largest absolute Gasteiger partial charge is 0.507 e. The smallest absolute Gasteiger partial charge is 0.129 e. The van der Waals surface area contributed by atoms with Crippen LogP contribution < -0.4 is 9.47 Å². The minimum atomic E-state index is -0.330. The molecule has 0 aliphatic heterocycles. The van der Waals surface area contributed by atoms with Gasteiger partial charge in [0.25, 0.3) is 0 Å². The van der Waals surface area contributed by atoms with E-state index in [1.165, 1.54) is 18.5 Å². The molecule has 0 fully saturated rings. The molecular formula is C24H19FN2O3. The van der Waals surface area contributed by atoms with Crippen molar-refractivity contribution >= 4 is 0 Å². The van der Waals surface area contributed by atoms with Gasteiger partial charge in [-0.25, -0.2) is 14.4 Å². The second-order valence-corrected chi connectivity index (χ2v) is 6.57. The highest BCUT2D eigenvalue weighted by atomic mass is 19.1. The summed E-state index contributed by atoms with van der Waals surface area (Å²) in [6.07, 6.45) is 3.14. The number of halogens is 1. The summed E-state index contributed by atoms with van der Waals surface area (Å²) in [7, 11) is 1.61. The summed E-state index contributed by atoms with van der Waals surface area (Å²) in [5.74, 6) is 0.855. The molecule has 0 bridgehead atoms. The number of rotatable bonds is 6. The molecule has 150 valence electrons. The van der Waals surface area contributed by atoms with E-state index in [0.717, 1.165) is 16.9 Å². The fourth-order valence-corrected chi connectivity index (χ4v) is 3.10. The first kappa shape index (κ1) is 19.4. The lowest BCUT2D eigenvalue weighted by Crippen LogP contribution is -1.98. The predicted molar refractivity (Wildman–Crippen MR) is 112 cm³/mol. The van der Waals surface area contributed by atoms with Gasteiger partial charge < -0.3 is 14.6 Å². The maximum absolute atomic E-state index is 13.8. The number of nitrogens with zero attached hydrogens (tertiary/aromatic N) is 2. The summed E-state index contributed by atoms with van der Waals surface area (Å²) in [5, 5.41) is 10.6. The lowest BCUT2D eigenvalue weighted by molar-refractivity contribution is 0.298. The maximum atomic E-state index is 13.8. The average Bonchev–Trinajstić information content (AvgIpc) is 2.79. The van der Waals surface area contributed by atoms with Crippen molar-refractivity contribution < 1.29 is 19.0 Å². The third kappa shape index (κ3) is 4.07. The number of ether oxygens (including phenoxy) is 2. The van der Waals surface area contributed by atoms with E-state index in [9.17, 15) is 9.50 Å². The van der Waals surface area contributed by atoms with Crippen LogP contribution in [0.1, 0.15) is 5.56 Å². The van der Waals surface area contributed by atoms with Crippen LogP contribution in [-0.4, -0.2) is 22.2 Å². The molecule has 0 atom stereocenters. The van der Waals surface area contributed by atoms with Crippen LogP contribution in [0.4, 0.5) is 4.39 Å². The Balaban J connectivity index is 1.61. The van der Waals surface area contributed by atoms with Crippen LogP contribution >= 0.6 is 0 Å². The highest BCUT2D eigenvalue weighted by Crippen LogP contribution is 2.37. The topological polar surface area (TPSA) is 64.5 Å². The normalized spacial score (nSPS) is 10.6. The third-order valence-electron chi connectivity index (χ3n) is 4.69.